The van der Waals surface area contributed by atoms with E-state index in [4.69, 9.17) is 4.74 Å². The average molecular weight is 338 g/mol. The molecule has 0 aliphatic carbocycles. The minimum absolute atomic E-state index is 0.00704. The van der Waals surface area contributed by atoms with E-state index in [0.717, 1.165) is 16.9 Å². The molecule has 1 unspecified atom stereocenters. The minimum atomic E-state index is -3.55. The SMILES string of the molecule is CC(NS(=O)(=O)c1cccs1)c1ccc2c(c1)NC(=O)CO2. The van der Waals surface area contributed by atoms with Gasteiger partial charge in [0.2, 0.25) is 0 Å². The number of fused-ring (bicyclic) bond motifs is 1. The van der Waals surface area contributed by atoms with Crippen LogP contribution in [0.25, 0.3) is 0 Å². The highest BCUT2D eigenvalue weighted by Gasteiger charge is 2.21. The number of carbonyl (C=O) groups is 1. The lowest BCUT2D eigenvalue weighted by Crippen LogP contribution is -2.27. The van der Waals surface area contributed by atoms with E-state index in [1.54, 1.807) is 42.6 Å². The first-order valence-electron chi connectivity index (χ1n) is 6.58. The molecule has 1 aliphatic heterocycles. The van der Waals surface area contributed by atoms with Gasteiger partial charge in [-0.1, -0.05) is 12.1 Å². The van der Waals surface area contributed by atoms with Crippen LogP contribution >= 0.6 is 11.3 Å². The summed E-state index contributed by atoms with van der Waals surface area (Å²) >= 11 is 1.16. The Morgan fingerprint density at radius 2 is 2.18 bits per heavy atom. The monoisotopic (exact) mass is 338 g/mol. The van der Waals surface area contributed by atoms with Crippen LogP contribution in [0, 0.1) is 0 Å². The number of anilines is 1. The zero-order valence-corrected chi connectivity index (χ0v) is 13.3. The summed E-state index contributed by atoms with van der Waals surface area (Å²) in [5, 5.41) is 4.42. The Balaban J connectivity index is 1.82. The van der Waals surface area contributed by atoms with Crippen molar-refractivity contribution in [3.05, 3.63) is 41.3 Å². The predicted octanol–water partition coefficient (Wildman–Crippen LogP) is 2.12. The number of benzene rings is 1. The summed E-state index contributed by atoms with van der Waals surface area (Å²) in [4.78, 5) is 11.3. The van der Waals surface area contributed by atoms with Crippen LogP contribution in [0.4, 0.5) is 5.69 Å². The molecule has 1 amide bonds. The number of rotatable bonds is 4. The van der Waals surface area contributed by atoms with Crippen LogP contribution in [0.5, 0.6) is 5.75 Å². The number of carbonyl (C=O) groups excluding carboxylic acids is 1. The number of ether oxygens (including phenoxy) is 1. The maximum absolute atomic E-state index is 12.2. The molecule has 2 aromatic rings. The van der Waals surface area contributed by atoms with Gasteiger partial charge in [0.05, 0.1) is 5.69 Å². The van der Waals surface area contributed by atoms with Gasteiger partial charge in [-0.2, -0.15) is 0 Å². The van der Waals surface area contributed by atoms with Crippen molar-refractivity contribution in [2.24, 2.45) is 0 Å². The molecule has 0 saturated heterocycles. The van der Waals surface area contributed by atoms with Gasteiger partial charge in [0, 0.05) is 6.04 Å². The third-order valence-corrected chi connectivity index (χ3v) is 6.17. The molecule has 116 valence electrons. The fourth-order valence-corrected chi connectivity index (χ4v) is 4.39. The van der Waals surface area contributed by atoms with Crippen molar-refractivity contribution in [1.29, 1.82) is 0 Å². The Kier molecular flexibility index (Phi) is 3.90. The van der Waals surface area contributed by atoms with Crippen molar-refractivity contribution in [3.8, 4) is 5.75 Å². The molecule has 3 rings (SSSR count). The number of thiophene rings is 1. The molecule has 2 heterocycles. The Hall–Kier alpha value is -1.90. The van der Waals surface area contributed by atoms with Gasteiger partial charge in [-0.25, -0.2) is 13.1 Å². The van der Waals surface area contributed by atoms with Gasteiger partial charge in [-0.15, -0.1) is 11.3 Å². The molecular formula is C14H14N2O4S2. The molecule has 1 aromatic heterocycles. The molecule has 1 aromatic carbocycles. The second-order valence-corrected chi connectivity index (χ2v) is 7.76. The normalized spacial score (nSPS) is 15.6. The van der Waals surface area contributed by atoms with Gasteiger partial charge in [0.25, 0.3) is 15.9 Å². The fraction of sp³-hybridized carbons (Fsp3) is 0.214. The number of nitrogens with one attached hydrogen (secondary N) is 2. The summed E-state index contributed by atoms with van der Waals surface area (Å²) in [6.07, 6.45) is 0. The van der Waals surface area contributed by atoms with Gasteiger partial charge in [0.15, 0.2) is 6.61 Å². The zero-order chi connectivity index (χ0) is 15.7. The van der Waals surface area contributed by atoms with Crippen LogP contribution in [0.15, 0.2) is 39.9 Å². The van der Waals surface area contributed by atoms with Gasteiger partial charge in [0.1, 0.15) is 9.96 Å². The number of amides is 1. The van der Waals surface area contributed by atoms with E-state index in [-0.39, 0.29) is 16.7 Å². The zero-order valence-electron chi connectivity index (χ0n) is 11.7. The van der Waals surface area contributed by atoms with Crippen molar-refractivity contribution >= 4 is 33.0 Å². The second-order valence-electron chi connectivity index (χ2n) is 4.87. The summed E-state index contributed by atoms with van der Waals surface area (Å²) in [6, 6.07) is 8.03. The Bertz CT molecular complexity index is 800. The number of hydrogen-bond acceptors (Lipinski definition) is 5. The van der Waals surface area contributed by atoms with Crippen molar-refractivity contribution in [2.75, 3.05) is 11.9 Å². The largest absolute Gasteiger partial charge is 0.482 e. The van der Waals surface area contributed by atoms with Crippen molar-refractivity contribution in [2.45, 2.75) is 17.2 Å². The molecule has 6 nitrogen and oxygen atoms in total. The van der Waals surface area contributed by atoms with E-state index in [1.165, 1.54) is 0 Å². The molecule has 8 heteroatoms. The van der Waals surface area contributed by atoms with E-state index < -0.39 is 16.1 Å². The first-order valence-corrected chi connectivity index (χ1v) is 8.94. The Morgan fingerprint density at radius 1 is 1.36 bits per heavy atom. The average Bonchev–Trinajstić information content (AvgIpc) is 3.01. The van der Waals surface area contributed by atoms with Crippen molar-refractivity contribution < 1.29 is 17.9 Å². The van der Waals surface area contributed by atoms with Crippen LogP contribution in [0.2, 0.25) is 0 Å². The van der Waals surface area contributed by atoms with E-state index in [1.807, 2.05) is 0 Å². The Labute approximate surface area is 132 Å². The quantitative estimate of drug-likeness (QED) is 0.894. The highest BCUT2D eigenvalue weighted by Crippen LogP contribution is 2.31. The van der Waals surface area contributed by atoms with Crippen molar-refractivity contribution in [1.82, 2.24) is 4.72 Å². The second kappa shape index (κ2) is 5.71. The smallest absolute Gasteiger partial charge is 0.262 e. The predicted molar refractivity (Wildman–Crippen MR) is 83.6 cm³/mol. The molecule has 0 saturated carbocycles. The topological polar surface area (TPSA) is 84.5 Å². The van der Waals surface area contributed by atoms with Crippen LogP contribution in [-0.4, -0.2) is 20.9 Å². The lowest BCUT2D eigenvalue weighted by Gasteiger charge is -2.20. The van der Waals surface area contributed by atoms with E-state index in [0.29, 0.717) is 11.4 Å². The molecular weight excluding hydrogens is 324 g/mol. The first-order chi connectivity index (χ1) is 10.5. The molecule has 0 fully saturated rings. The molecule has 22 heavy (non-hydrogen) atoms. The molecule has 0 radical (unpaired) electrons. The summed E-state index contributed by atoms with van der Waals surface area (Å²) < 4.78 is 32.6. The number of sulfonamides is 1. The highest BCUT2D eigenvalue weighted by atomic mass is 32.2. The molecule has 1 aliphatic rings. The standard InChI is InChI=1S/C14H14N2O4S2/c1-9(16-22(18,19)14-3-2-6-21-14)10-4-5-12-11(7-10)15-13(17)8-20-12/h2-7,9,16H,8H2,1H3,(H,15,17). The summed E-state index contributed by atoms with van der Waals surface area (Å²) in [5.41, 5.74) is 1.29. The van der Waals surface area contributed by atoms with Crippen LogP contribution in [0.3, 0.4) is 0 Å². The molecule has 2 N–H and O–H groups in total. The summed E-state index contributed by atoms with van der Waals surface area (Å²) in [5.74, 6) is 0.355. The van der Waals surface area contributed by atoms with Crippen LogP contribution < -0.4 is 14.8 Å². The van der Waals surface area contributed by atoms with Gasteiger partial charge in [-0.3, -0.25) is 4.79 Å². The highest BCUT2D eigenvalue weighted by molar-refractivity contribution is 7.91. The molecule has 0 bridgehead atoms. The third kappa shape index (κ3) is 2.99. The van der Waals surface area contributed by atoms with Gasteiger partial charge >= 0.3 is 0 Å². The van der Waals surface area contributed by atoms with Gasteiger partial charge < -0.3 is 10.1 Å². The van der Waals surface area contributed by atoms with Crippen LogP contribution in [0.1, 0.15) is 18.5 Å². The minimum Gasteiger partial charge on any atom is -0.482 e. The summed E-state index contributed by atoms with van der Waals surface area (Å²) in [6.45, 7) is 1.74. The maximum Gasteiger partial charge on any atom is 0.262 e. The van der Waals surface area contributed by atoms with Crippen LogP contribution in [-0.2, 0) is 14.8 Å². The van der Waals surface area contributed by atoms with E-state index in [2.05, 4.69) is 10.0 Å². The maximum atomic E-state index is 12.2. The molecule has 0 spiro atoms. The van der Waals surface area contributed by atoms with Crippen molar-refractivity contribution in [3.63, 3.8) is 0 Å². The first kappa shape index (κ1) is 15.0. The fourth-order valence-electron chi connectivity index (χ4n) is 2.15. The van der Waals surface area contributed by atoms with Gasteiger partial charge in [-0.05, 0) is 36.1 Å². The summed E-state index contributed by atoms with van der Waals surface area (Å²) in [7, 11) is -3.55. The third-order valence-electron chi connectivity index (χ3n) is 3.23. The lowest BCUT2D eigenvalue weighted by atomic mass is 10.1. The Morgan fingerprint density at radius 3 is 2.91 bits per heavy atom. The number of hydrogen-bond donors (Lipinski definition) is 2. The van der Waals surface area contributed by atoms with E-state index in [9.17, 15) is 13.2 Å². The van der Waals surface area contributed by atoms with E-state index >= 15 is 0 Å². The lowest BCUT2D eigenvalue weighted by molar-refractivity contribution is -0.118. The molecule has 1 atom stereocenters.